The fraction of sp³-hybridized carbons (Fsp3) is 0.625. The molecule has 1 aromatic carbocycles. The first kappa shape index (κ1) is 18.2. The molecule has 0 aromatic heterocycles. The van der Waals surface area contributed by atoms with Gasteiger partial charge in [-0.1, -0.05) is 56.1 Å². The average Bonchev–Trinajstić information content (AvgIpc) is 2.40. The third-order valence-corrected chi connectivity index (χ3v) is 5.35. The van der Waals surface area contributed by atoms with E-state index in [4.69, 9.17) is 23.2 Å². The first-order valence-electron chi connectivity index (χ1n) is 7.28. The second kappa shape index (κ2) is 9.94. The van der Waals surface area contributed by atoms with Crippen molar-refractivity contribution in [3.8, 4) is 0 Å². The number of hydrogen-bond acceptors (Lipinski definition) is 2. The number of thioether (sulfide) groups is 1. The van der Waals surface area contributed by atoms with E-state index in [-0.39, 0.29) is 0 Å². The molecule has 0 spiro atoms. The van der Waals surface area contributed by atoms with E-state index in [9.17, 15) is 0 Å². The summed E-state index contributed by atoms with van der Waals surface area (Å²) >= 11 is 14.4. The number of benzene rings is 1. The molecule has 1 aromatic rings. The zero-order valence-electron chi connectivity index (χ0n) is 12.6. The minimum Gasteiger partial charge on any atom is -0.313 e. The third-order valence-electron chi connectivity index (χ3n) is 2.95. The predicted octanol–water partition coefficient (Wildman–Crippen LogP) is 5.29. The highest BCUT2D eigenvalue weighted by Crippen LogP contribution is 2.27. The average molecular weight is 334 g/mol. The van der Waals surface area contributed by atoms with Crippen LogP contribution >= 0.6 is 35.0 Å². The molecule has 4 heteroatoms. The first-order chi connectivity index (χ1) is 9.54. The van der Waals surface area contributed by atoms with Gasteiger partial charge in [0.05, 0.1) is 10.0 Å². The Balaban J connectivity index is 2.60. The maximum Gasteiger partial charge on any atom is 0.0624 e. The van der Waals surface area contributed by atoms with Crippen LogP contribution in [0.5, 0.6) is 0 Å². The number of rotatable bonds is 9. The summed E-state index contributed by atoms with van der Waals surface area (Å²) in [6.45, 7) is 7.76. The fourth-order valence-electron chi connectivity index (χ4n) is 1.96. The molecule has 20 heavy (non-hydrogen) atoms. The summed E-state index contributed by atoms with van der Waals surface area (Å²) in [7, 11) is 0. The van der Waals surface area contributed by atoms with Crippen LogP contribution in [0.2, 0.25) is 10.0 Å². The van der Waals surface area contributed by atoms with Crippen molar-refractivity contribution in [1.29, 1.82) is 0 Å². The van der Waals surface area contributed by atoms with Gasteiger partial charge < -0.3 is 5.32 Å². The van der Waals surface area contributed by atoms with E-state index in [0.717, 1.165) is 36.6 Å². The Labute approximate surface area is 137 Å². The van der Waals surface area contributed by atoms with Crippen LogP contribution < -0.4 is 5.32 Å². The quantitative estimate of drug-likeness (QED) is 0.658. The fourth-order valence-corrected chi connectivity index (χ4v) is 3.48. The van der Waals surface area contributed by atoms with Crippen LogP contribution in [-0.2, 0) is 6.42 Å². The molecule has 0 radical (unpaired) electrons. The van der Waals surface area contributed by atoms with Gasteiger partial charge in [-0.3, -0.25) is 0 Å². The summed E-state index contributed by atoms with van der Waals surface area (Å²) in [5, 5.41) is 4.96. The lowest BCUT2D eigenvalue weighted by atomic mass is 10.1. The molecule has 0 amide bonds. The van der Waals surface area contributed by atoms with E-state index in [2.05, 4.69) is 32.2 Å². The van der Waals surface area contributed by atoms with Crippen molar-refractivity contribution in [3.63, 3.8) is 0 Å². The Hall–Kier alpha value is 0.110. The highest BCUT2D eigenvalue weighted by atomic mass is 35.5. The Morgan fingerprint density at radius 2 is 1.95 bits per heavy atom. The molecule has 0 aliphatic carbocycles. The van der Waals surface area contributed by atoms with Gasteiger partial charge in [0.25, 0.3) is 0 Å². The Morgan fingerprint density at radius 1 is 1.20 bits per heavy atom. The van der Waals surface area contributed by atoms with Crippen molar-refractivity contribution in [1.82, 2.24) is 5.32 Å². The molecule has 114 valence electrons. The van der Waals surface area contributed by atoms with Crippen molar-refractivity contribution in [2.24, 2.45) is 5.92 Å². The van der Waals surface area contributed by atoms with Gasteiger partial charge >= 0.3 is 0 Å². The molecule has 1 rings (SSSR count). The number of hydrogen-bond donors (Lipinski definition) is 1. The van der Waals surface area contributed by atoms with E-state index >= 15 is 0 Å². The molecule has 1 atom stereocenters. The maximum absolute atomic E-state index is 6.29. The highest BCUT2D eigenvalue weighted by molar-refractivity contribution is 7.99. The van der Waals surface area contributed by atoms with Crippen molar-refractivity contribution in [2.45, 2.75) is 39.7 Å². The Bertz CT molecular complexity index is 396. The molecule has 1 nitrogen and oxygen atoms in total. The van der Waals surface area contributed by atoms with E-state index in [1.165, 1.54) is 5.75 Å². The van der Waals surface area contributed by atoms with E-state index in [0.29, 0.717) is 16.1 Å². The van der Waals surface area contributed by atoms with Gasteiger partial charge in [0.2, 0.25) is 0 Å². The summed E-state index contributed by atoms with van der Waals surface area (Å²) in [6.07, 6.45) is 2.08. The van der Waals surface area contributed by atoms with E-state index in [1.54, 1.807) is 0 Å². The summed E-state index contributed by atoms with van der Waals surface area (Å²) in [5.74, 6) is 3.05. The van der Waals surface area contributed by atoms with Gasteiger partial charge in [-0.15, -0.1) is 0 Å². The molecule has 0 aliphatic heterocycles. The van der Waals surface area contributed by atoms with Gasteiger partial charge in [0.1, 0.15) is 0 Å². The molecule has 0 heterocycles. The molecular formula is C16H25Cl2NS. The van der Waals surface area contributed by atoms with Gasteiger partial charge in [0.15, 0.2) is 0 Å². The van der Waals surface area contributed by atoms with Gasteiger partial charge in [-0.2, -0.15) is 11.8 Å². The second-order valence-electron chi connectivity index (χ2n) is 5.50. The lowest BCUT2D eigenvalue weighted by molar-refractivity contribution is 0.549. The minimum absolute atomic E-state index is 0.453. The maximum atomic E-state index is 6.29. The van der Waals surface area contributed by atoms with Gasteiger partial charge in [-0.25, -0.2) is 0 Å². The van der Waals surface area contributed by atoms with Crippen molar-refractivity contribution < 1.29 is 0 Å². The number of nitrogens with one attached hydrogen (secondary N) is 1. The van der Waals surface area contributed by atoms with Crippen LogP contribution in [0.1, 0.15) is 32.8 Å². The lowest BCUT2D eigenvalue weighted by Crippen LogP contribution is -2.34. The molecular weight excluding hydrogens is 309 g/mol. The minimum atomic E-state index is 0.453. The molecule has 0 fully saturated rings. The smallest absolute Gasteiger partial charge is 0.0624 e. The van der Waals surface area contributed by atoms with Gasteiger partial charge in [0, 0.05) is 11.8 Å². The summed E-state index contributed by atoms with van der Waals surface area (Å²) in [5.41, 5.74) is 1.14. The lowest BCUT2D eigenvalue weighted by Gasteiger charge is -2.19. The molecule has 1 unspecified atom stereocenters. The van der Waals surface area contributed by atoms with Crippen LogP contribution in [-0.4, -0.2) is 24.1 Å². The van der Waals surface area contributed by atoms with Crippen LogP contribution in [0.25, 0.3) is 0 Å². The summed E-state index contributed by atoms with van der Waals surface area (Å²) in [6, 6.07) is 6.34. The van der Waals surface area contributed by atoms with Crippen molar-refractivity contribution >= 4 is 35.0 Å². The summed E-state index contributed by atoms with van der Waals surface area (Å²) in [4.78, 5) is 0. The molecule has 0 aliphatic rings. The summed E-state index contributed by atoms with van der Waals surface area (Å²) < 4.78 is 0. The Morgan fingerprint density at radius 3 is 2.60 bits per heavy atom. The van der Waals surface area contributed by atoms with Crippen LogP contribution in [0.15, 0.2) is 18.2 Å². The van der Waals surface area contributed by atoms with E-state index in [1.807, 2.05) is 23.9 Å². The predicted molar refractivity (Wildman–Crippen MR) is 94.4 cm³/mol. The zero-order chi connectivity index (χ0) is 15.0. The monoisotopic (exact) mass is 333 g/mol. The van der Waals surface area contributed by atoms with Gasteiger partial charge in [-0.05, 0) is 42.7 Å². The van der Waals surface area contributed by atoms with Crippen molar-refractivity contribution in [3.05, 3.63) is 33.8 Å². The normalized spacial score (nSPS) is 12.9. The largest absolute Gasteiger partial charge is 0.313 e. The second-order valence-corrected chi connectivity index (χ2v) is 7.36. The third kappa shape index (κ3) is 6.71. The van der Waals surface area contributed by atoms with Crippen LogP contribution in [0, 0.1) is 5.92 Å². The number of halogens is 2. The SMILES string of the molecule is CCCNC(CSCC(C)C)Cc1cccc(Cl)c1Cl. The van der Waals surface area contributed by atoms with Crippen molar-refractivity contribution in [2.75, 3.05) is 18.1 Å². The molecule has 0 bridgehead atoms. The standard InChI is InChI=1S/C16H25Cl2NS/c1-4-8-19-14(11-20-10-12(2)3)9-13-6-5-7-15(17)16(13)18/h5-7,12,14,19H,4,8-11H2,1-3H3. The highest BCUT2D eigenvalue weighted by Gasteiger charge is 2.13. The zero-order valence-corrected chi connectivity index (χ0v) is 14.9. The molecule has 0 saturated heterocycles. The van der Waals surface area contributed by atoms with Crippen LogP contribution in [0.3, 0.4) is 0 Å². The Kier molecular flexibility index (Phi) is 9.03. The topological polar surface area (TPSA) is 12.0 Å². The first-order valence-corrected chi connectivity index (χ1v) is 9.19. The molecule has 1 N–H and O–H groups in total. The van der Waals surface area contributed by atoms with Crippen LogP contribution in [0.4, 0.5) is 0 Å². The van der Waals surface area contributed by atoms with E-state index < -0.39 is 0 Å². The molecule has 0 saturated carbocycles.